The van der Waals surface area contributed by atoms with Crippen LogP contribution in [0.1, 0.15) is 77.7 Å². The number of carbonyl (C=O) groups is 1. The van der Waals surface area contributed by atoms with Gasteiger partial charge in [-0.3, -0.25) is 4.79 Å². The third-order valence-corrected chi connectivity index (χ3v) is 7.26. The van der Waals surface area contributed by atoms with E-state index in [1.165, 1.54) is 28.0 Å². The summed E-state index contributed by atoms with van der Waals surface area (Å²) in [6.07, 6.45) is 7.97. The van der Waals surface area contributed by atoms with Gasteiger partial charge in [-0.1, -0.05) is 63.1 Å². The van der Waals surface area contributed by atoms with Crippen LogP contribution in [0.5, 0.6) is 0 Å². The molecule has 1 fully saturated rings. The van der Waals surface area contributed by atoms with E-state index in [0.29, 0.717) is 0 Å². The number of ether oxygens (including phenoxy) is 1. The number of carbonyl (C=O) groups excluding carboxylic acids is 1. The number of rotatable bonds is 6. The van der Waals surface area contributed by atoms with Gasteiger partial charge in [-0.2, -0.15) is 0 Å². The highest BCUT2D eigenvalue weighted by Gasteiger charge is 2.42. The molecule has 4 rings (SSSR count). The topological polar surface area (TPSA) is 26.3 Å². The third kappa shape index (κ3) is 3.85. The SMILES string of the molecule is CCCC(C)(CC)C(=O)OC1(c2ccc3cc4ccccc4cc3c2)CCCCC1. The molecule has 1 unspecified atom stereocenters. The van der Waals surface area contributed by atoms with E-state index in [1.807, 2.05) is 0 Å². The van der Waals surface area contributed by atoms with Gasteiger partial charge in [-0.15, -0.1) is 0 Å². The lowest BCUT2D eigenvalue weighted by Crippen LogP contribution is -2.40. The first kappa shape index (κ1) is 20.9. The van der Waals surface area contributed by atoms with Crippen LogP contribution in [0.3, 0.4) is 0 Å². The van der Waals surface area contributed by atoms with Crippen LogP contribution < -0.4 is 0 Å². The van der Waals surface area contributed by atoms with Gasteiger partial charge in [-0.25, -0.2) is 0 Å². The Kier molecular flexibility index (Phi) is 5.86. The van der Waals surface area contributed by atoms with Gasteiger partial charge < -0.3 is 4.74 Å². The minimum absolute atomic E-state index is 0.0210. The van der Waals surface area contributed by atoms with Crippen molar-refractivity contribution < 1.29 is 9.53 Å². The van der Waals surface area contributed by atoms with E-state index in [9.17, 15) is 4.79 Å². The first-order valence-electron chi connectivity index (χ1n) is 11.7. The van der Waals surface area contributed by atoms with E-state index in [2.05, 4.69) is 75.4 Å². The summed E-state index contributed by atoms with van der Waals surface area (Å²) in [5.41, 5.74) is 0.277. The fraction of sp³-hybridized carbons (Fsp3) is 0.464. The number of hydrogen-bond acceptors (Lipinski definition) is 2. The van der Waals surface area contributed by atoms with E-state index in [0.717, 1.165) is 50.5 Å². The van der Waals surface area contributed by atoms with E-state index in [4.69, 9.17) is 4.74 Å². The highest BCUT2D eigenvalue weighted by molar-refractivity contribution is 5.98. The Labute approximate surface area is 180 Å². The maximum atomic E-state index is 13.3. The Morgan fingerprint density at radius 1 is 0.900 bits per heavy atom. The smallest absolute Gasteiger partial charge is 0.312 e. The second kappa shape index (κ2) is 8.41. The zero-order chi connectivity index (χ0) is 21.2. The molecule has 0 bridgehead atoms. The molecule has 0 aliphatic heterocycles. The van der Waals surface area contributed by atoms with Crippen LogP contribution in [-0.4, -0.2) is 5.97 Å². The number of esters is 1. The Bertz CT molecular complexity index is 1040. The second-order valence-electron chi connectivity index (χ2n) is 9.37. The van der Waals surface area contributed by atoms with Crippen LogP contribution in [0.25, 0.3) is 21.5 Å². The van der Waals surface area contributed by atoms with Gasteiger partial charge in [-0.05, 0) is 90.8 Å². The third-order valence-electron chi connectivity index (χ3n) is 7.26. The van der Waals surface area contributed by atoms with Crippen molar-refractivity contribution in [1.29, 1.82) is 0 Å². The van der Waals surface area contributed by atoms with Gasteiger partial charge in [0.05, 0.1) is 5.41 Å². The minimum Gasteiger partial charge on any atom is -0.454 e. The molecular weight excluding hydrogens is 368 g/mol. The van der Waals surface area contributed by atoms with E-state index in [1.54, 1.807) is 0 Å². The average Bonchev–Trinajstić information content (AvgIpc) is 2.78. The van der Waals surface area contributed by atoms with Gasteiger partial charge >= 0.3 is 5.97 Å². The van der Waals surface area contributed by atoms with E-state index in [-0.39, 0.29) is 5.97 Å². The van der Waals surface area contributed by atoms with Crippen LogP contribution in [0, 0.1) is 5.41 Å². The van der Waals surface area contributed by atoms with Crippen molar-refractivity contribution in [2.45, 2.75) is 77.7 Å². The minimum atomic E-state index is -0.487. The number of benzene rings is 3. The van der Waals surface area contributed by atoms with Crippen molar-refractivity contribution in [3.05, 3.63) is 60.2 Å². The summed E-state index contributed by atoms with van der Waals surface area (Å²) in [5.74, 6) is -0.0210. The molecule has 0 amide bonds. The van der Waals surface area contributed by atoms with Crippen LogP contribution in [0.15, 0.2) is 54.6 Å². The van der Waals surface area contributed by atoms with Gasteiger partial charge in [0.1, 0.15) is 5.60 Å². The van der Waals surface area contributed by atoms with Gasteiger partial charge in [0, 0.05) is 0 Å². The van der Waals surface area contributed by atoms with E-state index >= 15 is 0 Å². The molecule has 30 heavy (non-hydrogen) atoms. The largest absolute Gasteiger partial charge is 0.454 e. The number of fused-ring (bicyclic) bond motifs is 2. The zero-order valence-corrected chi connectivity index (χ0v) is 18.7. The summed E-state index contributed by atoms with van der Waals surface area (Å²) in [6, 6.07) is 19.7. The average molecular weight is 403 g/mol. The Morgan fingerprint density at radius 3 is 2.17 bits per heavy atom. The summed E-state index contributed by atoms with van der Waals surface area (Å²) in [7, 11) is 0. The molecular formula is C28H34O2. The van der Waals surface area contributed by atoms with Crippen LogP contribution in [0.4, 0.5) is 0 Å². The van der Waals surface area contributed by atoms with Crippen molar-refractivity contribution in [1.82, 2.24) is 0 Å². The molecule has 1 aliphatic rings. The Balaban J connectivity index is 1.75. The molecule has 0 saturated heterocycles. The normalized spacial score (nSPS) is 18.2. The molecule has 0 radical (unpaired) electrons. The van der Waals surface area contributed by atoms with Crippen molar-refractivity contribution in [3.8, 4) is 0 Å². The zero-order valence-electron chi connectivity index (χ0n) is 18.7. The molecule has 1 aliphatic carbocycles. The predicted octanol–water partition coefficient (Wildman–Crippen LogP) is 7.91. The second-order valence-corrected chi connectivity index (χ2v) is 9.37. The molecule has 0 aromatic heterocycles. The quantitative estimate of drug-likeness (QED) is 0.309. The maximum absolute atomic E-state index is 13.3. The van der Waals surface area contributed by atoms with Gasteiger partial charge in [0.25, 0.3) is 0 Å². The molecule has 2 nitrogen and oxygen atoms in total. The van der Waals surface area contributed by atoms with E-state index < -0.39 is 11.0 Å². The molecule has 3 aromatic carbocycles. The summed E-state index contributed by atoms with van der Waals surface area (Å²) in [4.78, 5) is 13.3. The lowest BCUT2D eigenvalue weighted by Gasteiger charge is -2.40. The molecule has 1 atom stereocenters. The molecule has 0 N–H and O–H groups in total. The monoisotopic (exact) mass is 402 g/mol. The molecule has 0 spiro atoms. The summed E-state index contributed by atoms with van der Waals surface area (Å²) in [6.45, 7) is 6.32. The standard InChI is InChI=1S/C28H34O2/c1-4-15-27(3,5-2)26(29)30-28(16-9-6-10-17-28)25-14-13-23-18-21-11-7-8-12-22(21)19-24(23)20-25/h7-8,11-14,18-20H,4-6,9-10,15-17H2,1-3H3. The lowest BCUT2D eigenvalue weighted by atomic mass is 9.77. The first-order valence-corrected chi connectivity index (χ1v) is 11.7. The Morgan fingerprint density at radius 2 is 1.53 bits per heavy atom. The van der Waals surface area contributed by atoms with Crippen LogP contribution in [-0.2, 0) is 15.1 Å². The summed E-state index contributed by atoms with van der Waals surface area (Å²) in [5, 5.41) is 4.96. The summed E-state index contributed by atoms with van der Waals surface area (Å²) >= 11 is 0. The lowest BCUT2D eigenvalue weighted by molar-refractivity contribution is -0.177. The first-order chi connectivity index (χ1) is 14.5. The van der Waals surface area contributed by atoms with Gasteiger partial charge in [0.15, 0.2) is 0 Å². The van der Waals surface area contributed by atoms with Crippen molar-refractivity contribution >= 4 is 27.5 Å². The highest BCUT2D eigenvalue weighted by atomic mass is 16.6. The molecule has 0 heterocycles. The number of hydrogen-bond donors (Lipinski definition) is 0. The molecule has 3 aromatic rings. The van der Waals surface area contributed by atoms with Gasteiger partial charge in [0.2, 0.25) is 0 Å². The maximum Gasteiger partial charge on any atom is 0.312 e. The molecule has 1 saturated carbocycles. The fourth-order valence-electron chi connectivity index (χ4n) is 5.07. The fourth-order valence-corrected chi connectivity index (χ4v) is 5.07. The predicted molar refractivity (Wildman–Crippen MR) is 126 cm³/mol. The molecule has 158 valence electrons. The molecule has 2 heteroatoms. The van der Waals surface area contributed by atoms with Crippen LogP contribution in [0.2, 0.25) is 0 Å². The van der Waals surface area contributed by atoms with Crippen molar-refractivity contribution in [2.75, 3.05) is 0 Å². The van der Waals surface area contributed by atoms with Crippen molar-refractivity contribution in [2.24, 2.45) is 5.41 Å². The van der Waals surface area contributed by atoms with Crippen LogP contribution >= 0.6 is 0 Å². The highest BCUT2D eigenvalue weighted by Crippen LogP contribution is 2.44. The summed E-state index contributed by atoms with van der Waals surface area (Å²) < 4.78 is 6.47. The Hall–Kier alpha value is -2.35. The van der Waals surface area contributed by atoms with Crippen molar-refractivity contribution in [3.63, 3.8) is 0 Å².